The predicted octanol–water partition coefficient (Wildman–Crippen LogP) is 5.95. The molecule has 0 radical (unpaired) electrons. The van der Waals surface area contributed by atoms with Gasteiger partial charge in [-0.15, -0.1) is 0 Å². The lowest BCUT2D eigenvalue weighted by atomic mass is 10.2. The summed E-state index contributed by atoms with van der Waals surface area (Å²) in [5.41, 5.74) is 2.78. The number of rotatable bonds is 5. The smallest absolute Gasteiger partial charge is 0.262 e. The van der Waals surface area contributed by atoms with E-state index in [0.717, 1.165) is 16.1 Å². The Morgan fingerprint density at radius 1 is 0.964 bits per heavy atom. The van der Waals surface area contributed by atoms with Crippen LogP contribution in [-0.4, -0.2) is 9.55 Å². The molecular formula is C23H19ClN2OS. The Morgan fingerprint density at radius 2 is 1.64 bits per heavy atom. The SMILES string of the molecule is C[C@H](Sc1nc2ccccc2c(=O)n1Cc1ccccc1)c1ccccc1Cl. The first-order valence-corrected chi connectivity index (χ1v) is 10.3. The van der Waals surface area contributed by atoms with Crippen LogP contribution in [0.5, 0.6) is 0 Å². The third kappa shape index (κ3) is 3.84. The zero-order chi connectivity index (χ0) is 19.5. The summed E-state index contributed by atoms with van der Waals surface area (Å²) in [4.78, 5) is 18.0. The molecule has 0 bridgehead atoms. The highest BCUT2D eigenvalue weighted by Crippen LogP contribution is 2.37. The molecule has 4 aromatic rings. The standard InChI is InChI=1S/C23H19ClN2OS/c1-16(18-11-5-7-13-20(18)24)28-23-25-21-14-8-6-12-19(21)22(27)26(23)15-17-9-3-2-4-10-17/h2-14,16H,15H2,1H3/t16-/m0/s1. The van der Waals surface area contributed by atoms with Gasteiger partial charge in [-0.2, -0.15) is 0 Å². The maximum Gasteiger partial charge on any atom is 0.262 e. The number of para-hydroxylation sites is 1. The first-order valence-electron chi connectivity index (χ1n) is 9.08. The molecule has 1 heterocycles. The van der Waals surface area contributed by atoms with Crippen molar-refractivity contribution in [1.82, 2.24) is 9.55 Å². The van der Waals surface area contributed by atoms with Crippen LogP contribution in [0, 0.1) is 0 Å². The molecule has 5 heteroatoms. The van der Waals surface area contributed by atoms with Crippen LogP contribution in [0.4, 0.5) is 0 Å². The van der Waals surface area contributed by atoms with Gasteiger partial charge in [0.2, 0.25) is 0 Å². The minimum Gasteiger partial charge on any atom is -0.283 e. The predicted molar refractivity (Wildman–Crippen MR) is 117 cm³/mol. The summed E-state index contributed by atoms with van der Waals surface area (Å²) >= 11 is 7.93. The zero-order valence-electron chi connectivity index (χ0n) is 15.4. The Kier molecular flexibility index (Phi) is 5.51. The normalized spacial score (nSPS) is 12.2. The summed E-state index contributed by atoms with van der Waals surface area (Å²) in [5.74, 6) is 0. The number of fused-ring (bicyclic) bond motifs is 1. The average molecular weight is 407 g/mol. The van der Waals surface area contributed by atoms with E-state index in [9.17, 15) is 4.79 Å². The second-order valence-electron chi connectivity index (χ2n) is 6.57. The van der Waals surface area contributed by atoms with E-state index in [1.807, 2.05) is 78.9 Å². The number of hydrogen-bond acceptors (Lipinski definition) is 3. The lowest BCUT2D eigenvalue weighted by Crippen LogP contribution is -2.24. The highest BCUT2D eigenvalue weighted by Gasteiger charge is 2.17. The van der Waals surface area contributed by atoms with Gasteiger partial charge in [0, 0.05) is 10.3 Å². The molecule has 0 amide bonds. The highest BCUT2D eigenvalue weighted by molar-refractivity contribution is 7.99. The van der Waals surface area contributed by atoms with Crippen molar-refractivity contribution >= 4 is 34.3 Å². The van der Waals surface area contributed by atoms with Crippen LogP contribution in [0.25, 0.3) is 10.9 Å². The Balaban J connectivity index is 1.80. The molecule has 0 unspecified atom stereocenters. The lowest BCUT2D eigenvalue weighted by Gasteiger charge is -2.17. The molecule has 3 aromatic carbocycles. The van der Waals surface area contributed by atoms with Gasteiger partial charge in [-0.05, 0) is 36.2 Å². The molecule has 0 saturated heterocycles. The second kappa shape index (κ2) is 8.21. The maximum atomic E-state index is 13.2. The highest BCUT2D eigenvalue weighted by atomic mass is 35.5. The van der Waals surface area contributed by atoms with Crippen molar-refractivity contribution in [3.63, 3.8) is 0 Å². The van der Waals surface area contributed by atoms with E-state index in [4.69, 9.17) is 16.6 Å². The first kappa shape index (κ1) is 18.8. The topological polar surface area (TPSA) is 34.9 Å². The van der Waals surface area contributed by atoms with E-state index in [1.54, 1.807) is 16.3 Å². The number of hydrogen-bond donors (Lipinski definition) is 0. The number of benzene rings is 3. The van der Waals surface area contributed by atoms with Crippen molar-refractivity contribution in [2.45, 2.75) is 23.9 Å². The van der Waals surface area contributed by atoms with Gasteiger partial charge in [0.25, 0.3) is 5.56 Å². The molecule has 0 fully saturated rings. The van der Waals surface area contributed by atoms with Gasteiger partial charge in [-0.25, -0.2) is 4.98 Å². The van der Waals surface area contributed by atoms with Crippen molar-refractivity contribution in [2.75, 3.05) is 0 Å². The summed E-state index contributed by atoms with van der Waals surface area (Å²) in [6.45, 7) is 2.56. The lowest BCUT2D eigenvalue weighted by molar-refractivity contribution is 0.656. The minimum absolute atomic E-state index is 0.0247. The fourth-order valence-electron chi connectivity index (χ4n) is 3.17. The maximum absolute atomic E-state index is 13.2. The molecule has 0 spiro atoms. The Bertz CT molecular complexity index is 1170. The second-order valence-corrected chi connectivity index (χ2v) is 8.29. The van der Waals surface area contributed by atoms with Crippen LogP contribution in [-0.2, 0) is 6.54 Å². The van der Waals surface area contributed by atoms with Gasteiger partial charge in [-0.3, -0.25) is 9.36 Å². The van der Waals surface area contributed by atoms with Crippen LogP contribution < -0.4 is 5.56 Å². The van der Waals surface area contributed by atoms with E-state index in [2.05, 4.69) is 6.92 Å². The zero-order valence-corrected chi connectivity index (χ0v) is 17.0. The van der Waals surface area contributed by atoms with E-state index in [0.29, 0.717) is 22.6 Å². The molecule has 0 aliphatic carbocycles. The van der Waals surface area contributed by atoms with E-state index >= 15 is 0 Å². The number of aromatic nitrogens is 2. The summed E-state index contributed by atoms with van der Waals surface area (Å²) in [6, 6.07) is 25.3. The van der Waals surface area contributed by atoms with E-state index in [1.165, 1.54) is 0 Å². The van der Waals surface area contributed by atoms with E-state index < -0.39 is 0 Å². The molecule has 1 aromatic heterocycles. The molecule has 0 saturated carbocycles. The number of nitrogens with zero attached hydrogens (tertiary/aromatic N) is 2. The monoisotopic (exact) mass is 406 g/mol. The largest absolute Gasteiger partial charge is 0.283 e. The molecule has 0 aliphatic rings. The van der Waals surface area contributed by atoms with Crippen LogP contribution >= 0.6 is 23.4 Å². The Hall–Kier alpha value is -2.56. The van der Waals surface area contributed by atoms with Crippen molar-refractivity contribution in [3.05, 3.63) is 105 Å². The number of halogens is 1. The van der Waals surface area contributed by atoms with Crippen LogP contribution in [0.2, 0.25) is 5.02 Å². The quantitative estimate of drug-likeness (QED) is 0.303. The molecule has 1 atom stereocenters. The van der Waals surface area contributed by atoms with Gasteiger partial charge in [0.05, 0.1) is 17.4 Å². The molecule has 3 nitrogen and oxygen atoms in total. The van der Waals surface area contributed by atoms with Gasteiger partial charge >= 0.3 is 0 Å². The van der Waals surface area contributed by atoms with Gasteiger partial charge in [0.1, 0.15) is 0 Å². The molecular weight excluding hydrogens is 388 g/mol. The van der Waals surface area contributed by atoms with Crippen LogP contribution in [0.1, 0.15) is 23.3 Å². The minimum atomic E-state index is -0.0247. The Labute approximate surface area is 173 Å². The fraction of sp³-hybridized carbons (Fsp3) is 0.130. The fourth-order valence-corrected chi connectivity index (χ4v) is 4.61. The van der Waals surface area contributed by atoms with Crippen molar-refractivity contribution in [3.8, 4) is 0 Å². The van der Waals surface area contributed by atoms with Crippen LogP contribution in [0.3, 0.4) is 0 Å². The van der Waals surface area contributed by atoms with Gasteiger partial charge < -0.3 is 0 Å². The summed E-state index contributed by atoms with van der Waals surface area (Å²) < 4.78 is 1.76. The van der Waals surface area contributed by atoms with Gasteiger partial charge in [0.15, 0.2) is 5.16 Å². The Morgan fingerprint density at radius 3 is 2.43 bits per heavy atom. The summed E-state index contributed by atoms with van der Waals surface area (Å²) in [6.07, 6.45) is 0. The molecule has 0 aliphatic heterocycles. The average Bonchev–Trinajstić information content (AvgIpc) is 2.72. The number of thioether (sulfide) groups is 1. The molecule has 0 N–H and O–H groups in total. The van der Waals surface area contributed by atoms with Crippen LogP contribution in [0.15, 0.2) is 88.8 Å². The third-order valence-electron chi connectivity index (χ3n) is 4.64. The van der Waals surface area contributed by atoms with Crippen molar-refractivity contribution in [1.29, 1.82) is 0 Å². The van der Waals surface area contributed by atoms with E-state index in [-0.39, 0.29) is 10.8 Å². The molecule has 4 rings (SSSR count). The first-order chi connectivity index (χ1) is 13.6. The summed E-state index contributed by atoms with van der Waals surface area (Å²) in [5, 5.41) is 2.11. The third-order valence-corrected chi connectivity index (χ3v) is 6.11. The van der Waals surface area contributed by atoms with Crippen molar-refractivity contribution in [2.24, 2.45) is 0 Å². The summed E-state index contributed by atoms with van der Waals surface area (Å²) in [7, 11) is 0. The van der Waals surface area contributed by atoms with Gasteiger partial charge in [-0.1, -0.05) is 84.0 Å². The van der Waals surface area contributed by atoms with Crippen molar-refractivity contribution < 1.29 is 0 Å². The molecule has 140 valence electrons. The molecule has 28 heavy (non-hydrogen) atoms.